The number of hydrogen-bond acceptors (Lipinski definition) is 4. The minimum absolute atomic E-state index is 0.233. The van der Waals surface area contributed by atoms with Gasteiger partial charge in [-0.15, -0.1) is 0 Å². The molecule has 1 fully saturated rings. The molecule has 0 radical (unpaired) electrons. The third-order valence-corrected chi connectivity index (χ3v) is 3.80. The van der Waals surface area contributed by atoms with E-state index in [1.807, 2.05) is 18.2 Å². The number of rotatable bonds is 1. The molecule has 2 aliphatic rings. The predicted octanol–water partition coefficient (Wildman–Crippen LogP) is 2.32. The average molecular weight is 243 g/mol. The summed E-state index contributed by atoms with van der Waals surface area (Å²) < 4.78 is 10.6. The Morgan fingerprint density at radius 3 is 2.61 bits per heavy atom. The van der Waals surface area contributed by atoms with Crippen LogP contribution < -0.4 is 9.47 Å². The lowest BCUT2D eigenvalue weighted by molar-refractivity contribution is -0.120. The molecule has 0 unspecified atom stereocenters. The molecule has 1 aliphatic heterocycles. The molecule has 0 bridgehead atoms. The van der Waals surface area contributed by atoms with E-state index < -0.39 is 5.41 Å². The highest BCUT2D eigenvalue weighted by atomic mass is 16.7. The van der Waals surface area contributed by atoms with Crippen molar-refractivity contribution in [2.75, 3.05) is 6.79 Å². The quantitative estimate of drug-likeness (QED) is 0.759. The second kappa shape index (κ2) is 4.02. The molecule has 4 nitrogen and oxygen atoms in total. The van der Waals surface area contributed by atoms with Crippen LogP contribution in [0.2, 0.25) is 0 Å². The second-order valence-corrected chi connectivity index (χ2v) is 4.80. The first-order valence-electron chi connectivity index (χ1n) is 6.07. The Kier molecular flexibility index (Phi) is 2.48. The molecular formula is C14H13NO3. The molecule has 92 valence electrons. The van der Waals surface area contributed by atoms with Crippen molar-refractivity contribution < 1.29 is 14.3 Å². The van der Waals surface area contributed by atoms with Gasteiger partial charge < -0.3 is 9.47 Å². The normalized spacial score (nSPS) is 20.5. The topological polar surface area (TPSA) is 59.3 Å². The summed E-state index contributed by atoms with van der Waals surface area (Å²) in [6.07, 6.45) is 2.17. The zero-order valence-corrected chi connectivity index (χ0v) is 9.94. The van der Waals surface area contributed by atoms with Gasteiger partial charge in [-0.3, -0.25) is 4.79 Å². The van der Waals surface area contributed by atoms with E-state index >= 15 is 0 Å². The van der Waals surface area contributed by atoms with Crippen molar-refractivity contribution in [2.45, 2.75) is 31.1 Å². The third-order valence-electron chi connectivity index (χ3n) is 3.80. The van der Waals surface area contributed by atoms with Crippen molar-refractivity contribution >= 4 is 5.78 Å². The molecular weight excluding hydrogens is 230 g/mol. The van der Waals surface area contributed by atoms with E-state index in [0.29, 0.717) is 31.4 Å². The average Bonchev–Trinajstić information content (AvgIpc) is 2.87. The van der Waals surface area contributed by atoms with Gasteiger partial charge in [0.1, 0.15) is 5.78 Å². The first-order valence-corrected chi connectivity index (χ1v) is 6.07. The van der Waals surface area contributed by atoms with Gasteiger partial charge in [0.2, 0.25) is 6.79 Å². The Morgan fingerprint density at radius 1 is 1.17 bits per heavy atom. The largest absolute Gasteiger partial charge is 0.454 e. The summed E-state index contributed by atoms with van der Waals surface area (Å²) in [4.78, 5) is 11.3. The molecule has 18 heavy (non-hydrogen) atoms. The summed E-state index contributed by atoms with van der Waals surface area (Å²) >= 11 is 0. The molecule has 1 aromatic carbocycles. The Balaban J connectivity index is 1.97. The maximum Gasteiger partial charge on any atom is 0.231 e. The molecule has 1 saturated carbocycles. The zero-order valence-electron chi connectivity index (χ0n) is 9.94. The number of hydrogen-bond donors (Lipinski definition) is 0. The van der Waals surface area contributed by atoms with Crippen LogP contribution in [0.15, 0.2) is 18.2 Å². The summed E-state index contributed by atoms with van der Waals surface area (Å²) in [5.74, 6) is 1.67. The van der Waals surface area contributed by atoms with Crippen LogP contribution in [0.25, 0.3) is 0 Å². The van der Waals surface area contributed by atoms with Crippen LogP contribution in [0.5, 0.6) is 11.5 Å². The van der Waals surface area contributed by atoms with Gasteiger partial charge in [0, 0.05) is 12.8 Å². The SMILES string of the molecule is N#CC1(c2ccc3c(c2)OCO3)CCC(=O)CC1. The number of ketones is 1. The number of carbonyl (C=O) groups is 1. The monoisotopic (exact) mass is 243 g/mol. The molecule has 3 rings (SSSR count). The van der Waals surface area contributed by atoms with Crippen LogP contribution >= 0.6 is 0 Å². The van der Waals surface area contributed by atoms with Crippen LogP contribution in [0.4, 0.5) is 0 Å². The molecule has 0 spiro atoms. The molecule has 0 atom stereocenters. The molecule has 4 heteroatoms. The van der Waals surface area contributed by atoms with Gasteiger partial charge in [0.15, 0.2) is 11.5 Å². The van der Waals surface area contributed by atoms with Crippen LogP contribution in [-0.2, 0) is 10.2 Å². The highest BCUT2D eigenvalue weighted by molar-refractivity contribution is 5.80. The third kappa shape index (κ3) is 1.63. The van der Waals surface area contributed by atoms with E-state index in [2.05, 4.69) is 6.07 Å². The van der Waals surface area contributed by atoms with E-state index in [0.717, 1.165) is 11.3 Å². The maximum atomic E-state index is 11.3. The van der Waals surface area contributed by atoms with Gasteiger partial charge in [-0.2, -0.15) is 5.26 Å². The summed E-state index contributed by atoms with van der Waals surface area (Å²) in [6.45, 7) is 0.233. The summed E-state index contributed by atoms with van der Waals surface area (Å²) in [5, 5.41) is 9.50. The van der Waals surface area contributed by atoms with E-state index in [4.69, 9.17) is 9.47 Å². The number of benzene rings is 1. The van der Waals surface area contributed by atoms with Gasteiger partial charge in [0.25, 0.3) is 0 Å². The Morgan fingerprint density at radius 2 is 1.89 bits per heavy atom. The number of carbonyl (C=O) groups excluding carboxylic acids is 1. The van der Waals surface area contributed by atoms with Gasteiger partial charge in [-0.25, -0.2) is 0 Å². The van der Waals surface area contributed by atoms with E-state index in [-0.39, 0.29) is 12.6 Å². The lowest BCUT2D eigenvalue weighted by Gasteiger charge is -2.30. The minimum Gasteiger partial charge on any atom is -0.454 e. The lowest BCUT2D eigenvalue weighted by atomic mass is 9.70. The molecule has 0 N–H and O–H groups in total. The molecule has 0 amide bonds. The standard InChI is InChI=1S/C14H13NO3/c15-8-14(5-3-11(16)4-6-14)10-1-2-12-13(7-10)18-9-17-12/h1-2,7H,3-6,9H2. The zero-order chi connectivity index (χ0) is 12.6. The van der Waals surface area contributed by atoms with Crippen molar-refractivity contribution in [3.05, 3.63) is 23.8 Å². The predicted molar refractivity (Wildman–Crippen MR) is 63.3 cm³/mol. The first-order chi connectivity index (χ1) is 8.73. The van der Waals surface area contributed by atoms with E-state index in [1.165, 1.54) is 0 Å². The summed E-state index contributed by atoms with van der Waals surface area (Å²) in [5.41, 5.74) is 0.385. The van der Waals surface area contributed by atoms with Gasteiger partial charge in [-0.05, 0) is 30.5 Å². The molecule has 0 aromatic heterocycles. The molecule has 0 saturated heterocycles. The lowest BCUT2D eigenvalue weighted by Crippen LogP contribution is -2.30. The molecule has 1 heterocycles. The number of Topliss-reactive ketones (excluding diaryl/α,β-unsaturated/α-hetero) is 1. The Hall–Kier alpha value is -2.02. The van der Waals surface area contributed by atoms with Crippen molar-refractivity contribution in [1.29, 1.82) is 5.26 Å². The Labute approximate surface area is 105 Å². The van der Waals surface area contributed by atoms with Crippen molar-refractivity contribution in [2.24, 2.45) is 0 Å². The number of nitriles is 1. The van der Waals surface area contributed by atoms with Crippen LogP contribution in [0.3, 0.4) is 0 Å². The van der Waals surface area contributed by atoms with Crippen LogP contribution in [-0.4, -0.2) is 12.6 Å². The molecule has 1 aliphatic carbocycles. The highest BCUT2D eigenvalue weighted by Gasteiger charge is 2.37. The van der Waals surface area contributed by atoms with Crippen molar-refractivity contribution in [3.8, 4) is 17.6 Å². The first kappa shape index (κ1) is 11.1. The van der Waals surface area contributed by atoms with Gasteiger partial charge in [0.05, 0.1) is 11.5 Å². The van der Waals surface area contributed by atoms with Gasteiger partial charge in [-0.1, -0.05) is 6.07 Å². The van der Waals surface area contributed by atoms with Crippen molar-refractivity contribution in [3.63, 3.8) is 0 Å². The number of nitrogens with zero attached hydrogens (tertiary/aromatic N) is 1. The Bertz CT molecular complexity index is 534. The summed E-state index contributed by atoms with van der Waals surface area (Å²) in [6, 6.07) is 8.02. The minimum atomic E-state index is -0.547. The van der Waals surface area contributed by atoms with Crippen molar-refractivity contribution in [1.82, 2.24) is 0 Å². The summed E-state index contributed by atoms with van der Waals surface area (Å²) in [7, 11) is 0. The number of fused-ring (bicyclic) bond motifs is 1. The maximum absolute atomic E-state index is 11.3. The second-order valence-electron chi connectivity index (χ2n) is 4.80. The number of ether oxygens (including phenoxy) is 2. The fourth-order valence-corrected chi connectivity index (χ4v) is 2.61. The van der Waals surface area contributed by atoms with Gasteiger partial charge >= 0.3 is 0 Å². The fourth-order valence-electron chi connectivity index (χ4n) is 2.61. The van der Waals surface area contributed by atoms with E-state index in [9.17, 15) is 10.1 Å². The van der Waals surface area contributed by atoms with Crippen LogP contribution in [0, 0.1) is 11.3 Å². The van der Waals surface area contributed by atoms with Crippen LogP contribution in [0.1, 0.15) is 31.2 Å². The fraction of sp³-hybridized carbons (Fsp3) is 0.429. The smallest absolute Gasteiger partial charge is 0.231 e. The molecule has 1 aromatic rings. The van der Waals surface area contributed by atoms with E-state index in [1.54, 1.807) is 0 Å². The highest BCUT2D eigenvalue weighted by Crippen LogP contribution is 2.42.